The molecule has 3 aromatic carbocycles. The third kappa shape index (κ3) is 6.27. The van der Waals surface area contributed by atoms with E-state index in [2.05, 4.69) is 50.9 Å². The number of benzene rings is 3. The lowest BCUT2D eigenvalue weighted by Crippen LogP contribution is -2.58. The Labute approximate surface area is 265 Å². The van der Waals surface area contributed by atoms with Crippen molar-refractivity contribution in [3.8, 4) is 11.1 Å². The molecular weight excluding hydrogens is 594 g/mol. The summed E-state index contributed by atoms with van der Waals surface area (Å²) < 4.78 is 28.7. The molecule has 3 aromatic rings. The maximum Gasteiger partial charge on any atom is 0.264 e. The quantitative estimate of drug-likeness (QED) is 0.330. The van der Waals surface area contributed by atoms with Crippen molar-refractivity contribution < 1.29 is 18.3 Å². The smallest absolute Gasteiger partial charge is 0.264 e. The first-order valence-electron chi connectivity index (χ1n) is 15.7. The van der Waals surface area contributed by atoms with Gasteiger partial charge >= 0.3 is 0 Å². The Hall–Kier alpha value is -2.91. The number of nitrogens with one attached hydrogen (secondary N) is 1. The van der Waals surface area contributed by atoms with Crippen LogP contribution < -0.4 is 9.62 Å². The largest absolute Gasteiger partial charge is 0.390 e. The van der Waals surface area contributed by atoms with Gasteiger partial charge in [0.05, 0.1) is 11.4 Å². The Morgan fingerprint density at radius 2 is 1.55 bits per heavy atom. The molecule has 5 aliphatic rings. The summed E-state index contributed by atoms with van der Waals surface area (Å²) in [6.45, 7) is 4.41. The van der Waals surface area contributed by atoms with E-state index in [0.29, 0.717) is 23.8 Å². The molecule has 2 N–H and O–H groups in total. The first-order valence-corrected chi connectivity index (χ1v) is 17.8. The van der Waals surface area contributed by atoms with E-state index in [1.165, 1.54) is 11.1 Å². The Balaban J connectivity index is 0.938. The number of nitrogens with zero attached hydrogens (tertiary/aromatic N) is 2. The normalized spacial score (nSPS) is 28.3. The molecule has 232 valence electrons. The molecule has 9 heteroatoms. The summed E-state index contributed by atoms with van der Waals surface area (Å²) >= 11 is 6.10. The van der Waals surface area contributed by atoms with Gasteiger partial charge in [0.1, 0.15) is 0 Å². The lowest BCUT2D eigenvalue weighted by atomic mass is 9.48. The van der Waals surface area contributed by atoms with Gasteiger partial charge in [-0.2, -0.15) is 0 Å². The van der Waals surface area contributed by atoms with E-state index in [1.54, 1.807) is 12.1 Å². The summed E-state index contributed by atoms with van der Waals surface area (Å²) in [6, 6.07) is 23.7. The van der Waals surface area contributed by atoms with Crippen molar-refractivity contribution in [1.29, 1.82) is 0 Å². The van der Waals surface area contributed by atoms with Gasteiger partial charge in [-0.3, -0.25) is 9.69 Å². The molecule has 7 nitrogen and oxygen atoms in total. The maximum atomic E-state index is 13.2. The number of amides is 1. The molecule has 1 heterocycles. The average molecular weight is 634 g/mol. The van der Waals surface area contributed by atoms with Crippen molar-refractivity contribution in [1.82, 2.24) is 9.62 Å². The third-order valence-corrected chi connectivity index (χ3v) is 12.1. The van der Waals surface area contributed by atoms with Gasteiger partial charge in [0.25, 0.3) is 5.91 Å². The van der Waals surface area contributed by atoms with Gasteiger partial charge < -0.3 is 10.0 Å². The zero-order valence-electron chi connectivity index (χ0n) is 24.9. The van der Waals surface area contributed by atoms with E-state index in [4.69, 9.17) is 11.6 Å². The van der Waals surface area contributed by atoms with Crippen molar-refractivity contribution in [2.45, 2.75) is 50.7 Å². The van der Waals surface area contributed by atoms with E-state index in [1.807, 2.05) is 24.3 Å². The van der Waals surface area contributed by atoms with Crippen LogP contribution in [0.25, 0.3) is 11.1 Å². The first-order chi connectivity index (χ1) is 21.1. The van der Waals surface area contributed by atoms with Crippen LogP contribution in [-0.4, -0.2) is 61.9 Å². The zero-order valence-corrected chi connectivity index (χ0v) is 26.5. The lowest BCUT2D eigenvalue weighted by molar-refractivity contribution is -0.156. The molecule has 1 saturated heterocycles. The molecule has 8 rings (SSSR count). The Morgan fingerprint density at radius 3 is 2.20 bits per heavy atom. The molecule has 2 unspecified atom stereocenters. The van der Waals surface area contributed by atoms with Gasteiger partial charge in [0.2, 0.25) is 10.0 Å². The lowest BCUT2D eigenvalue weighted by Gasteiger charge is -2.60. The number of sulfonamides is 1. The number of hydrogen-bond donors (Lipinski definition) is 2. The monoisotopic (exact) mass is 633 g/mol. The Morgan fingerprint density at radius 1 is 0.886 bits per heavy atom. The van der Waals surface area contributed by atoms with Crippen LogP contribution in [0.1, 0.15) is 54.4 Å². The van der Waals surface area contributed by atoms with Crippen molar-refractivity contribution in [2.75, 3.05) is 36.8 Å². The minimum Gasteiger partial charge on any atom is -0.390 e. The average Bonchev–Trinajstić information content (AvgIpc) is 2.96. The molecular formula is C35H40ClN3O4S. The molecule has 4 saturated carbocycles. The van der Waals surface area contributed by atoms with Crippen molar-refractivity contribution in [3.63, 3.8) is 0 Å². The van der Waals surface area contributed by atoms with E-state index in [-0.39, 0.29) is 5.75 Å². The topological polar surface area (TPSA) is 89.9 Å². The van der Waals surface area contributed by atoms with E-state index in [9.17, 15) is 18.3 Å². The number of piperazine rings is 1. The Bertz CT molecular complexity index is 1620. The SMILES string of the molecule is O=C(NS(=O)(=O)CC12C[C@@H]3C[C@@H](CC(O)(C3)C1)C2)c1ccc(N2CCN(Cc3ccccc3-c3ccc(Cl)cc3)CC2)cc1. The highest BCUT2D eigenvalue weighted by Crippen LogP contribution is 2.61. The van der Waals surface area contributed by atoms with Crippen LogP contribution in [0.4, 0.5) is 5.69 Å². The fourth-order valence-electron chi connectivity index (χ4n) is 9.01. The van der Waals surface area contributed by atoms with Crippen LogP contribution in [0.3, 0.4) is 0 Å². The predicted octanol–water partition coefficient (Wildman–Crippen LogP) is 5.72. The highest BCUT2D eigenvalue weighted by molar-refractivity contribution is 7.90. The number of carbonyl (C=O) groups excluding carboxylic acids is 1. The number of carbonyl (C=O) groups is 1. The minimum absolute atomic E-state index is 0.0897. The second-order valence-electron chi connectivity index (χ2n) is 13.8. The van der Waals surface area contributed by atoms with Crippen LogP contribution in [0.15, 0.2) is 72.8 Å². The molecule has 4 atom stereocenters. The second kappa shape index (κ2) is 11.5. The molecule has 5 fully saturated rings. The molecule has 1 aliphatic heterocycles. The van der Waals surface area contributed by atoms with Crippen LogP contribution in [0, 0.1) is 17.3 Å². The van der Waals surface area contributed by atoms with Crippen molar-refractivity contribution in [3.05, 3.63) is 88.9 Å². The number of halogens is 1. The molecule has 0 aromatic heterocycles. The van der Waals surface area contributed by atoms with Gasteiger partial charge in [-0.15, -0.1) is 0 Å². The third-order valence-electron chi connectivity index (χ3n) is 10.3. The van der Waals surface area contributed by atoms with Crippen LogP contribution >= 0.6 is 11.6 Å². The fourth-order valence-corrected chi connectivity index (χ4v) is 10.8. The summed E-state index contributed by atoms with van der Waals surface area (Å²) in [6.07, 6.45) is 4.86. The predicted molar refractivity (Wildman–Crippen MR) is 174 cm³/mol. The van der Waals surface area contributed by atoms with Crippen molar-refractivity contribution >= 4 is 33.2 Å². The molecule has 0 radical (unpaired) electrons. The summed E-state index contributed by atoms with van der Waals surface area (Å²) in [5, 5.41) is 11.7. The highest BCUT2D eigenvalue weighted by atomic mass is 35.5. The number of rotatable bonds is 8. The van der Waals surface area contributed by atoms with E-state index >= 15 is 0 Å². The van der Waals surface area contributed by atoms with Crippen molar-refractivity contribution in [2.24, 2.45) is 17.3 Å². The van der Waals surface area contributed by atoms with Crippen LogP contribution in [0.5, 0.6) is 0 Å². The summed E-state index contributed by atoms with van der Waals surface area (Å²) in [7, 11) is -3.84. The first kappa shape index (κ1) is 29.8. The fraction of sp³-hybridized carbons (Fsp3) is 0.457. The summed E-state index contributed by atoms with van der Waals surface area (Å²) in [5.41, 5.74) is 3.87. The summed E-state index contributed by atoms with van der Waals surface area (Å²) in [4.78, 5) is 17.8. The number of anilines is 1. The summed E-state index contributed by atoms with van der Waals surface area (Å²) in [5.74, 6) is 0.107. The maximum absolute atomic E-state index is 13.2. The van der Waals surface area contributed by atoms with Gasteiger partial charge in [-0.25, -0.2) is 13.1 Å². The number of aliphatic hydroxyl groups is 1. The van der Waals surface area contributed by atoms with E-state index < -0.39 is 26.9 Å². The second-order valence-corrected chi connectivity index (χ2v) is 16.0. The molecule has 4 aliphatic carbocycles. The van der Waals surface area contributed by atoms with E-state index in [0.717, 1.165) is 81.1 Å². The standard InChI is InChI=1S/C35H40ClN3O4S/c36-30-9-5-27(6-10-30)32-4-2-1-3-29(32)22-38-13-15-39(16-14-38)31-11-7-28(8-12-31)33(40)37-44(42,43)24-34-18-25-17-26(19-34)21-35(41,20-25)23-34/h1-12,25-26,41H,13-24H2,(H,37,40)/t25-,26+,34?,35?. The Kier molecular flexibility index (Phi) is 7.76. The molecule has 1 amide bonds. The van der Waals surface area contributed by atoms with Gasteiger partial charge in [0.15, 0.2) is 0 Å². The van der Waals surface area contributed by atoms with Crippen LogP contribution in [-0.2, 0) is 16.6 Å². The zero-order chi connectivity index (χ0) is 30.5. The van der Waals surface area contributed by atoms with Gasteiger partial charge in [-0.05, 0) is 109 Å². The van der Waals surface area contributed by atoms with Gasteiger partial charge in [0, 0.05) is 49.0 Å². The van der Waals surface area contributed by atoms with Crippen LogP contribution in [0.2, 0.25) is 5.02 Å². The molecule has 0 spiro atoms. The number of hydrogen-bond acceptors (Lipinski definition) is 6. The minimum atomic E-state index is -3.84. The molecule has 4 bridgehead atoms. The van der Waals surface area contributed by atoms with Gasteiger partial charge in [-0.1, -0.05) is 48.0 Å². The molecule has 44 heavy (non-hydrogen) atoms. The highest BCUT2D eigenvalue weighted by Gasteiger charge is 2.58.